The smallest absolute Gasteiger partial charge is 0.115 e. The van der Waals surface area contributed by atoms with Gasteiger partial charge in [0, 0.05) is 23.7 Å². The van der Waals surface area contributed by atoms with E-state index >= 15 is 0 Å². The van der Waals surface area contributed by atoms with Crippen LogP contribution in [0.1, 0.15) is 39.6 Å². The van der Waals surface area contributed by atoms with E-state index < -0.39 is 0 Å². The molecule has 2 nitrogen and oxygen atoms in total. The molecule has 0 aliphatic heterocycles. The molecule has 1 N–H and O–H groups in total. The number of rotatable bonds is 4. The van der Waals surface area contributed by atoms with Crippen LogP contribution in [-0.4, -0.2) is 17.1 Å². The van der Waals surface area contributed by atoms with Crippen molar-refractivity contribution < 1.29 is 0 Å². The first-order valence-corrected chi connectivity index (χ1v) is 6.61. The highest BCUT2D eigenvalue weighted by Crippen LogP contribution is 2.16. The van der Waals surface area contributed by atoms with Gasteiger partial charge in [-0.1, -0.05) is 19.4 Å². The van der Waals surface area contributed by atoms with Crippen LogP contribution >= 0.6 is 11.3 Å². The molecule has 1 aromatic heterocycles. The van der Waals surface area contributed by atoms with E-state index in [0.29, 0.717) is 5.92 Å². The molecule has 0 bridgehead atoms. The van der Waals surface area contributed by atoms with Crippen molar-refractivity contribution >= 4 is 17.4 Å². The fourth-order valence-corrected chi connectivity index (χ4v) is 1.86. The van der Waals surface area contributed by atoms with E-state index in [0.717, 1.165) is 11.6 Å². The van der Waals surface area contributed by atoms with Gasteiger partial charge in [0.05, 0.1) is 0 Å². The minimum atomic E-state index is 0.164. The Kier molecular flexibility index (Phi) is 4.69. The SMILES string of the molecule is CC(C)/C(=C/c1nccs1)CNC(C)(C)C. The normalized spacial score (nSPS) is 13.5. The second-order valence-electron chi connectivity index (χ2n) is 5.35. The van der Waals surface area contributed by atoms with Crippen LogP contribution in [0.5, 0.6) is 0 Å². The van der Waals surface area contributed by atoms with Crippen LogP contribution in [0, 0.1) is 5.92 Å². The summed E-state index contributed by atoms with van der Waals surface area (Å²) in [4.78, 5) is 4.30. The second-order valence-corrected chi connectivity index (χ2v) is 6.27. The van der Waals surface area contributed by atoms with Gasteiger partial charge in [0.2, 0.25) is 0 Å². The molecule has 0 saturated carbocycles. The maximum Gasteiger partial charge on any atom is 0.115 e. The van der Waals surface area contributed by atoms with Crippen LogP contribution in [0.3, 0.4) is 0 Å². The second kappa shape index (κ2) is 5.60. The molecule has 16 heavy (non-hydrogen) atoms. The van der Waals surface area contributed by atoms with Gasteiger partial charge in [-0.2, -0.15) is 0 Å². The first-order chi connectivity index (χ1) is 7.38. The number of hydrogen-bond donors (Lipinski definition) is 1. The summed E-state index contributed by atoms with van der Waals surface area (Å²) < 4.78 is 0. The molecular weight excluding hydrogens is 216 g/mol. The van der Waals surface area contributed by atoms with Crippen molar-refractivity contribution in [3.05, 3.63) is 22.2 Å². The highest BCUT2D eigenvalue weighted by molar-refractivity contribution is 7.10. The molecule has 0 atom stereocenters. The van der Waals surface area contributed by atoms with Crippen molar-refractivity contribution in [1.82, 2.24) is 10.3 Å². The van der Waals surface area contributed by atoms with Crippen molar-refractivity contribution in [3.63, 3.8) is 0 Å². The van der Waals surface area contributed by atoms with Crippen LogP contribution in [0.25, 0.3) is 6.08 Å². The molecule has 0 amide bonds. The maximum atomic E-state index is 4.30. The predicted octanol–water partition coefficient (Wildman–Crippen LogP) is 3.57. The molecule has 0 aliphatic carbocycles. The highest BCUT2D eigenvalue weighted by Gasteiger charge is 2.11. The van der Waals surface area contributed by atoms with Crippen LogP contribution in [-0.2, 0) is 0 Å². The molecule has 1 aromatic rings. The molecule has 0 saturated heterocycles. The average molecular weight is 238 g/mol. The van der Waals surface area contributed by atoms with Crippen molar-refractivity contribution in [2.75, 3.05) is 6.54 Å². The Morgan fingerprint density at radius 1 is 1.50 bits per heavy atom. The largest absolute Gasteiger partial charge is 0.308 e. The lowest BCUT2D eigenvalue weighted by Gasteiger charge is -2.23. The van der Waals surface area contributed by atoms with E-state index in [1.54, 1.807) is 11.3 Å². The number of thiazole rings is 1. The third-order valence-corrected chi connectivity index (χ3v) is 3.05. The predicted molar refractivity (Wildman–Crippen MR) is 72.7 cm³/mol. The van der Waals surface area contributed by atoms with Gasteiger partial charge in [0.1, 0.15) is 5.01 Å². The van der Waals surface area contributed by atoms with Crippen molar-refractivity contribution in [3.8, 4) is 0 Å². The zero-order chi connectivity index (χ0) is 12.2. The third kappa shape index (κ3) is 4.90. The van der Waals surface area contributed by atoms with Crippen LogP contribution in [0.4, 0.5) is 0 Å². The molecular formula is C13H22N2S. The third-order valence-electron chi connectivity index (χ3n) is 2.32. The van der Waals surface area contributed by atoms with Gasteiger partial charge < -0.3 is 5.32 Å². The Balaban J connectivity index is 2.69. The van der Waals surface area contributed by atoms with Crippen molar-refractivity contribution in [2.24, 2.45) is 5.92 Å². The summed E-state index contributed by atoms with van der Waals surface area (Å²) in [6, 6.07) is 0. The first kappa shape index (κ1) is 13.4. The molecule has 0 spiro atoms. The van der Waals surface area contributed by atoms with Gasteiger partial charge in [-0.05, 0) is 32.8 Å². The summed E-state index contributed by atoms with van der Waals surface area (Å²) in [5.74, 6) is 0.554. The lowest BCUT2D eigenvalue weighted by atomic mass is 10.0. The molecule has 0 fully saturated rings. The molecule has 1 heterocycles. The molecule has 0 aliphatic rings. The first-order valence-electron chi connectivity index (χ1n) is 5.73. The van der Waals surface area contributed by atoms with Crippen LogP contribution in [0.15, 0.2) is 17.2 Å². The lowest BCUT2D eigenvalue weighted by molar-refractivity contribution is 0.437. The molecule has 0 aromatic carbocycles. The van der Waals surface area contributed by atoms with Gasteiger partial charge in [0.25, 0.3) is 0 Å². The van der Waals surface area contributed by atoms with Gasteiger partial charge in [-0.15, -0.1) is 11.3 Å². The van der Waals surface area contributed by atoms with Crippen molar-refractivity contribution in [2.45, 2.75) is 40.2 Å². The maximum absolute atomic E-state index is 4.30. The van der Waals surface area contributed by atoms with Gasteiger partial charge in [-0.25, -0.2) is 4.98 Å². The Morgan fingerprint density at radius 3 is 2.62 bits per heavy atom. The zero-order valence-electron chi connectivity index (χ0n) is 10.9. The molecule has 1 rings (SSSR count). The monoisotopic (exact) mass is 238 g/mol. The van der Waals surface area contributed by atoms with E-state index in [2.05, 4.69) is 51.0 Å². The molecule has 0 radical (unpaired) electrons. The van der Waals surface area contributed by atoms with Crippen LogP contribution < -0.4 is 5.32 Å². The average Bonchev–Trinajstić information content (AvgIpc) is 2.62. The standard InChI is InChI=1S/C13H22N2S/c1-10(2)11(9-15-13(3,4)5)8-12-14-6-7-16-12/h6-8,10,15H,9H2,1-5H3/b11-8+. The molecule has 3 heteroatoms. The molecule has 90 valence electrons. The zero-order valence-corrected chi connectivity index (χ0v) is 11.7. The Labute approximate surface area is 103 Å². The van der Waals surface area contributed by atoms with E-state index in [9.17, 15) is 0 Å². The van der Waals surface area contributed by atoms with E-state index in [-0.39, 0.29) is 5.54 Å². The summed E-state index contributed by atoms with van der Waals surface area (Å²) in [7, 11) is 0. The Bertz CT molecular complexity index is 331. The quantitative estimate of drug-likeness (QED) is 0.867. The fourth-order valence-electron chi connectivity index (χ4n) is 1.25. The summed E-state index contributed by atoms with van der Waals surface area (Å²) in [5, 5.41) is 6.64. The minimum absolute atomic E-state index is 0.164. The van der Waals surface area contributed by atoms with Crippen LogP contribution in [0.2, 0.25) is 0 Å². The summed E-state index contributed by atoms with van der Waals surface area (Å²) >= 11 is 1.69. The lowest BCUT2D eigenvalue weighted by Crippen LogP contribution is -2.37. The highest BCUT2D eigenvalue weighted by atomic mass is 32.1. The summed E-state index contributed by atoms with van der Waals surface area (Å²) in [5.41, 5.74) is 1.57. The number of nitrogens with one attached hydrogen (secondary N) is 1. The number of hydrogen-bond acceptors (Lipinski definition) is 3. The van der Waals surface area contributed by atoms with Gasteiger partial charge >= 0.3 is 0 Å². The Hall–Kier alpha value is -0.670. The Morgan fingerprint density at radius 2 is 2.19 bits per heavy atom. The fraction of sp³-hybridized carbons (Fsp3) is 0.615. The van der Waals surface area contributed by atoms with E-state index in [4.69, 9.17) is 0 Å². The summed E-state index contributed by atoms with van der Waals surface area (Å²) in [6.45, 7) is 11.9. The van der Waals surface area contributed by atoms with Gasteiger partial charge in [-0.3, -0.25) is 0 Å². The van der Waals surface area contributed by atoms with Gasteiger partial charge in [0.15, 0.2) is 0 Å². The van der Waals surface area contributed by atoms with E-state index in [1.165, 1.54) is 5.57 Å². The topological polar surface area (TPSA) is 24.9 Å². The number of aromatic nitrogens is 1. The minimum Gasteiger partial charge on any atom is -0.308 e. The summed E-state index contributed by atoms with van der Waals surface area (Å²) in [6.07, 6.45) is 4.06. The number of nitrogens with zero attached hydrogens (tertiary/aromatic N) is 1. The molecule has 0 unspecified atom stereocenters. The van der Waals surface area contributed by atoms with E-state index in [1.807, 2.05) is 11.6 Å². The van der Waals surface area contributed by atoms with Crippen molar-refractivity contribution in [1.29, 1.82) is 0 Å².